The van der Waals surface area contributed by atoms with Gasteiger partial charge in [0.1, 0.15) is 35.6 Å². The van der Waals surface area contributed by atoms with E-state index in [4.69, 9.17) is 14.5 Å². The van der Waals surface area contributed by atoms with Crippen molar-refractivity contribution in [2.24, 2.45) is 0 Å². The number of aromatic nitrogens is 3. The summed E-state index contributed by atoms with van der Waals surface area (Å²) in [6.07, 6.45) is 5.94. The van der Waals surface area contributed by atoms with Gasteiger partial charge in [0.05, 0.1) is 23.1 Å². The Morgan fingerprint density at radius 1 is 1.14 bits per heavy atom. The molecule has 10 heteroatoms. The molecule has 4 aliphatic heterocycles. The first-order valence-corrected chi connectivity index (χ1v) is 15.4. The number of benzene rings is 2. The number of alkyl halides is 1. The fourth-order valence-electron chi connectivity index (χ4n) is 7.92. The third kappa shape index (κ3) is 4.49. The number of phenols is 1. The molecule has 0 spiro atoms. The topological polar surface area (TPSA) is 83.8 Å². The molecule has 0 amide bonds. The van der Waals surface area contributed by atoms with Crippen molar-refractivity contribution in [3.8, 4) is 23.0 Å². The smallest absolute Gasteiger partial charge is 0.319 e. The summed E-state index contributed by atoms with van der Waals surface area (Å²) >= 11 is 0. The van der Waals surface area contributed by atoms with Crippen LogP contribution in [0.3, 0.4) is 0 Å². The third-order valence-corrected chi connectivity index (χ3v) is 9.90. The number of fused-ring (bicyclic) bond motifs is 5. The number of hydrogen-bond acceptors (Lipinski definition) is 8. The number of ether oxygens (including phenoxy) is 2. The Kier molecular flexibility index (Phi) is 6.41. The Hall–Kier alpha value is -3.63. The van der Waals surface area contributed by atoms with Crippen molar-refractivity contribution >= 4 is 27.5 Å². The van der Waals surface area contributed by atoms with Crippen molar-refractivity contribution in [3.05, 3.63) is 47.9 Å². The summed E-state index contributed by atoms with van der Waals surface area (Å²) in [5.41, 5.74) is 1.40. The van der Waals surface area contributed by atoms with Crippen molar-refractivity contribution in [3.63, 3.8) is 0 Å². The second-order valence-electron chi connectivity index (χ2n) is 12.6. The van der Waals surface area contributed by atoms with Gasteiger partial charge >= 0.3 is 6.01 Å². The van der Waals surface area contributed by atoms with Crippen LogP contribution < -0.4 is 9.64 Å². The van der Waals surface area contributed by atoms with E-state index >= 15 is 4.39 Å². The molecular formula is C33H35F2N5O3. The van der Waals surface area contributed by atoms with E-state index in [0.717, 1.165) is 55.0 Å². The summed E-state index contributed by atoms with van der Waals surface area (Å²) in [6.45, 7) is 4.86. The van der Waals surface area contributed by atoms with Gasteiger partial charge in [-0.05, 0) is 67.1 Å². The van der Waals surface area contributed by atoms with E-state index in [1.807, 2.05) is 18.2 Å². The van der Waals surface area contributed by atoms with Gasteiger partial charge in [0.2, 0.25) is 0 Å². The average molecular weight is 588 g/mol. The molecule has 0 aliphatic carbocycles. The molecule has 2 aromatic carbocycles. The normalized spacial score (nSPS) is 27.0. The lowest BCUT2D eigenvalue weighted by Crippen LogP contribution is -2.44. The SMILES string of the molecule is CCc1cccc2cc(O)cc(-c3ncc4c(N5CC6CCC(C5)O6)nc(OC[C@@]56CCCN5C[C@H](F)C6)nc4c3F)c12. The second kappa shape index (κ2) is 10.2. The van der Waals surface area contributed by atoms with Crippen molar-refractivity contribution in [1.82, 2.24) is 19.9 Å². The summed E-state index contributed by atoms with van der Waals surface area (Å²) in [4.78, 5) is 18.4. The predicted octanol–water partition coefficient (Wildman–Crippen LogP) is 5.57. The van der Waals surface area contributed by atoms with Crippen molar-refractivity contribution in [1.29, 1.82) is 0 Å². The molecule has 224 valence electrons. The maximum absolute atomic E-state index is 16.8. The Bertz CT molecular complexity index is 1720. The molecule has 0 saturated carbocycles. The van der Waals surface area contributed by atoms with Gasteiger partial charge in [0, 0.05) is 37.8 Å². The van der Waals surface area contributed by atoms with Gasteiger partial charge in [-0.3, -0.25) is 9.88 Å². The fraction of sp³-hybridized carbons (Fsp3) is 0.485. The van der Waals surface area contributed by atoms with Gasteiger partial charge in [-0.25, -0.2) is 8.78 Å². The maximum atomic E-state index is 16.8. The quantitative estimate of drug-likeness (QED) is 0.313. The summed E-state index contributed by atoms with van der Waals surface area (Å²) in [6, 6.07) is 9.19. The van der Waals surface area contributed by atoms with E-state index in [1.165, 1.54) is 0 Å². The van der Waals surface area contributed by atoms with Gasteiger partial charge in [-0.15, -0.1) is 0 Å². The van der Waals surface area contributed by atoms with Gasteiger partial charge in [-0.2, -0.15) is 9.97 Å². The number of aromatic hydroxyl groups is 1. The number of halogens is 2. The lowest BCUT2D eigenvalue weighted by atomic mass is 9.95. The lowest BCUT2D eigenvalue weighted by molar-refractivity contribution is 0.0302. The van der Waals surface area contributed by atoms with Crippen LogP contribution in [0.4, 0.5) is 14.6 Å². The van der Waals surface area contributed by atoms with Gasteiger partial charge in [0.25, 0.3) is 0 Å². The van der Waals surface area contributed by atoms with E-state index in [0.29, 0.717) is 42.8 Å². The van der Waals surface area contributed by atoms with Crippen molar-refractivity contribution < 1.29 is 23.4 Å². The molecule has 8 nitrogen and oxygen atoms in total. The van der Waals surface area contributed by atoms with E-state index in [2.05, 4.69) is 26.7 Å². The number of rotatable bonds is 6. The minimum absolute atomic E-state index is 0.0383. The highest BCUT2D eigenvalue weighted by atomic mass is 19.1. The molecule has 2 aromatic heterocycles. The van der Waals surface area contributed by atoms with Gasteiger partial charge in [0.15, 0.2) is 5.82 Å². The predicted molar refractivity (Wildman–Crippen MR) is 160 cm³/mol. The molecule has 6 heterocycles. The Balaban J connectivity index is 1.26. The van der Waals surface area contributed by atoms with Crippen molar-refractivity contribution in [2.45, 2.75) is 69.4 Å². The standard InChI is InChI=1S/C33H35F2N5O3/c1-2-19-5-3-6-20-11-22(41)12-25(27(19)20)29-28(35)30-26(14-36-29)31(39-16-23-7-8-24(17-39)43-23)38-32(37-30)42-18-33-9-4-10-40(33)15-21(34)13-33/h3,5-6,11-12,14,21,23-24,41H,2,4,7-10,13,15-18H2,1H3/t21-,23?,24?,33+/m1/s1. The van der Waals surface area contributed by atoms with Crippen LogP contribution in [0.1, 0.15) is 44.6 Å². The number of morpholine rings is 1. The number of anilines is 1. The largest absolute Gasteiger partial charge is 0.508 e. The number of phenolic OH excluding ortho intramolecular Hbond substituents is 1. The molecule has 8 rings (SSSR count). The minimum Gasteiger partial charge on any atom is -0.508 e. The van der Waals surface area contributed by atoms with E-state index in [1.54, 1.807) is 18.3 Å². The Morgan fingerprint density at radius 2 is 1.98 bits per heavy atom. The van der Waals surface area contributed by atoms with E-state index in [-0.39, 0.29) is 47.3 Å². The number of aryl methyl sites for hydroxylation is 1. The molecule has 4 aromatic rings. The number of pyridine rings is 1. The average Bonchev–Trinajstić information content (AvgIpc) is 3.65. The molecule has 0 radical (unpaired) electrons. The Labute approximate surface area is 248 Å². The highest BCUT2D eigenvalue weighted by Crippen LogP contribution is 2.42. The van der Waals surface area contributed by atoms with Crippen molar-refractivity contribution in [2.75, 3.05) is 37.7 Å². The highest BCUT2D eigenvalue weighted by Gasteiger charge is 2.49. The summed E-state index contributed by atoms with van der Waals surface area (Å²) in [5, 5.41) is 12.7. The van der Waals surface area contributed by atoms with Crippen LogP contribution in [0.5, 0.6) is 11.8 Å². The summed E-state index contributed by atoms with van der Waals surface area (Å²) in [7, 11) is 0. The molecule has 4 atom stereocenters. The first-order valence-electron chi connectivity index (χ1n) is 15.4. The molecule has 43 heavy (non-hydrogen) atoms. The molecule has 4 fully saturated rings. The van der Waals surface area contributed by atoms with Gasteiger partial charge < -0.3 is 19.5 Å². The van der Waals surface area contributed by atoms with E-state index < -0.39 is 12.0 Å². The molecule has 2 unspecified atom stereocenters. The zero-order valence-corrected chi connectivity index (χ0v) is 24.2. The monoisotopic (exact) mass is 587 g/mol. The maximum Gasteiger partial charge on any atom is 0.319 e. The molecule has 1 N–H and O–H groups in total. The van der Waals surface area contributed by atoms with Crippen LogP contribution in [0.25, 0.3) is 32.9 Å². The Morgan fingerprint density at radius 3 is 2.79 bits per heavy atom. The summed E-state index contributed by atoms with van der Waals surface area (Å²) in [5.74, 6) is 0.0189. The van der Waals surface area contributed by atoms with Crippen LogP contribution in [0.2, 0.25) is 0 Å². The number of nitrogens with zero attached hydrogens (tertiary/aromatic N) is 5. The highest BCUT2D eigenvalue weighted by molar-refractivity contribution is 6.01. The first kappa shape index (κ1) is 27.0. The van der Waals surface area contributed by atoms with Crippen LogP contribution in [-0.4, -0.2) is 81.7 Å². The minimum atomic E-state index is -0.878. The molecule has 2 bridgehead atoms. The molecule has 4 saturated heterocycles. The van der Waals surface area contributed by atoms with E-state index in [9.17, 15) is 9.50 Å². The van der Waals surface area contributed by atoms with Crippen LogP contribution in [0, 0.1) is 5.82 Å². The van der Waals surface area contributed by atoms with Crippen LogP contribution in [-0.2, 0) is 11.2 Å². The zero-order valence-electron chi connectivity index (χ0n) is 24.2. The van der Waals surface area contributed by atoms with Crippen LogP contribution in [0.15, 0.2) is 36.5 Å². The number of hydrogen-bond donors (Lipinski definition) is 1. The van der Waals surface area contributed by atoms with Gasteiger partial charge in [-0.1, -0.05) is 25.1 Å². The second-order valence-corrected chi connectivity index (χ2v) is 12.6. The first-order chi connectivity index (χ1) is 20.9. The van der Waals surface area contributed by atoms with Crippen LogP contribution >= 0.6 is 0 Å². The summed E-state index contributed by atoms with van der Waals surface area (Å²) < 4.78 is 43.5. The fourth-order valence-corrected chi connectivity index (χ4v) is 7.92. The molecule has 4 aliphatic rings. The third-order valence-electron chi connectivity index (χ3n) is 9.90. The molecular weight excluding hydrogens is 552 g/mol. The lowest BCUT2D eigenvalue weighted by Gasteiger charge is -2.34. The zero-order chi connectivity index (χ0) is 29.3.